The quantitative estimate of drug-likeness (QED) is 0.567. The number of carboxylic acid groups (broad SMARTS) is 2. The molecule has 0 unspecified atom stereocenters. The van der Waals surface area contributed by atoms with Gasteiger partial charge in [0.2, 0.25) is 0 Å². The molecule has 0 saturated heterocycles. The molecule has 0 aliphatic rings. The van der Waals surface area contributed by atoms with Gasteiger partial charge in [0.15, 0.2) is 11.5 Å². The summed E-state index contributed by atoms with van der Waals surface area (Å²) in [6, 6.07) is 7.90. The lowest BCUT2D eigenvalue weighted by Crippen LogP contribution is -2.15. The molecule has 2 rings (SSSR count). The molecule has 0 aliphatic carbocycles. The first-order valence-electron chi connectivity index (χ1n) is 7.71. The van der Waals surface area contributed by atoms with Gasteiger partial charge in [0.05, 0.1) is 19.8 Å². The topological polar surface area (TPSA) is 139 Å². The summed E-state index contributed by atoms with van der Waals surface area (Å²) in [6.45, 7) is 0. The summed E-state index contributed by atoms with van der Waals surface area (Å²) in [4.78, 5) is 21.5. The van der Waals surface area contributed by atoms with Crippen molar-refractivity contribution in [2.24, 2.45) is 0 Å². The third-order valence-electron chi connectivity index (χ3n) is 3.54. The summed E-state index contributed by atoms with van der Waals surface area (Å²) in [5, 5.41) is 17.8. The van der Waals surface area contributed by atoms with Crippen LogP contribution in [0.5, 0.6) is 11.5 Å². The number of sulfonamides is 1. The number of benzene rings is 2. The number of anilines is 1. The van der Waals surface area contributed by atoms with Gasteiger partial charge in [-0.25, -0.2) is 18.0 Å². The number of carboxylic acids is 2. The first kappa shape index (κ1) is 20.8. The number of aromatic carboxylic acids is 1. The van der Waals surface area contributed by atoms with E-state index in [2.05, 4.69) is 4.72 Å². The van der Waals surface area contributed by atoms with Crippen LogP contribution in [0.15, 0.2) is 47.4 Å². The Hall–Kier alpha value is -3.53. The predicted molar refractivity (Wildman–Crippen MR) is 100 cm³/mol. The molecule has 3 N–H and O–H groups in total. The molecule has 0 atom stereocenters. The minimum absolute atomic E-state index is 0.0346. The predicted octanol–water partition coefficient (Wildman–Crippen LogP) is 2.30. The fourth-order valence-electron chi connectivity index (χ4n) is 2.34. The fourth-order valence-corrected chi connectivity index (χ4v) is 3.61. The van der Waals surface area contributed by atoms with Crippen LogP contribution < -0.4 is 14.2 Å². The monoisotopic (exact) mass is 407 g/mol. The number of methoxy groups -OCH3 is 2. The van der Waals surface area contributed by atoms with Gasteiger partial charge in [-0.1, -0.05) is 6.07 Å². The third kappa shape index (κ3) is 4.80. The highest BCUT2D eigenvalue weighted by Crippen LogP contribution is 2.37. The highest BCUT2D eigenvalue weighted by Gasteiger charge is 2.24. The van der Waals surface area contributed by atoms with Gasteiger partial charge in [-0.15, -0.1) is 0 Å². The van der Waals surface area contributed by atoms with E-state index in [9.17, 15) is 18.0 Å². The van der Waals surface area contributed by atoms with E-state index in [1.807, 2.05) is 0 Å². The lowest BCUT2D eigenvalue weighted by atomic mass is 10.2. The van der Waals surface area contributed by atoms with Crippen molar-refractivity contribution in [3.8, 4) is 11.5 Å². The normalized spacial score (nSPS) is 11.2. The van der Waals surface area contributed by atoms with Crippen LogP contribution in [-0.2, 0) is 14.8 Å². The Labute approximate surface area is 160 Å². The van der Waals surface area contributed by atoms with Crippen LogP contribution in [0.2, 0.25) is 0 Å². The van der Waals surface area contributed by atoms with Crippen LogP contribution in [0, 0.1) is 0 Å². The lowest BCUT2D eigenvalue weighted by molar-refractivity contribution is -0.131. The van der Waals surface area contributed by atoms with Crippen molar-refractivity contribution in [2.45, 2.75) is 4.90 Å². The van der Waals surface area contributed by atoms with Gasteiger partial charge in [0.1, 0.15) is 4.90 Å². The van der Waals surface area contributed by atoms with E-state index in [0.29, 0.717) is 0 Å². The van der Waals surface area contributed by atoms with Gasteiger partial charge >= 0.3 is 11.9 Å². The van der Waals surface area contributed by atoms with Crippen molar-refractivity contribution in [2.75, 3.05) is 18.9 Å². The van der Waals surface area contributed by atoms with Gasteiger partial charge in [0, 0.05) is 11.8 Å². The van der Waals surface area contributed by atoms with Gasteiger partial charge in [-0.2, -0.15) is 0 Å². The maximum absolute atomic E-state index is 12.9. The smallest absolute Gasteiger partial charge is 0.335 e. The Morgan fingerprint density at radius 1 is 1.07 bits per heavy atom. The second kappa shape index (κ2) is 8.44. The zero-order valence-corrected chi connectivity index (χ0v) is 15.7. The Bertz CT molecular complexity index is 1040. The molecule has 0 spiro atoms. The molecule has 2 aromatic carbocycles. The van der Waals surface area contributed by atoms with Crippen LogP contribution in [0.25, 0.3) is 6.08 Å². The maximum atomic E-state index is 12.9. The maximum Gasteiger partial charge on any atom is 0.335 e. The van der Waals surface area contributed by atoms with E-state index >= 15 is 0 Å². The number of carbonyl (C=O) groups is 2. The highest BCUT2D eigenvalue weighted by molar-refractivity contribution is 7.92. The van der Waals surface area contributed by atoms with Crippen molar-refractivity contribution < 1.29 is 37.7 Å². The molecule has 2 aromatic rings. The minimum atomic E-state index is -4.22. The van der Waals surface area contributed by atoms with Crippen molar-refractivity contribution in [1.29, 1.82) is 0 Å². The number of aliphatic carboxylic acids is 1. The molecule has 0 aliphatic heterocycles. The van der Waals surface area contributed by atoms with Crippen LogP contribution in [0.3, 0.4) is 0 Å². The van der Waals surface area contributed by atoms with E-state index in [1.165, 1.54) is 50.6 Å². The minimum Gasteiger partial charge on any atom is -0.493 e. The SMILES string of the molecule is COc1cc(/C=C/C(=O)O)cc(S(=O)(=O)Nc2cccc(C(=O)O)c2)c1OC. The molecule has 148 valence electrons. The molecule has 0 saturated carbocycles. The Morgan fingerprint density at radius 3 is 2.36 bits per heavy atom. The number of hydrogen-bond donors (Lipinski definition) is 3. The standard InChI is InChI=1S/C18H17NO8S/c1-26-14-8-11(6-7-16(20)21)9-15(17(14)27-2)28(24,25)19-13-5-3-4-12(10-13)18(22)23/h3-10,19H,1-2H3,(H,20,21)(H,22,23)/b7-6+. The second-order valence-electron chi connectivity index (χ2n) is 5.42. The van der Waals surface area contributed by atoms with Crippen molar-refractivity contribution in [1.82, 2.24) is 0 Å². The Balaban J connectivity index is 2.56. The first-order chi connectivity index (χ1) is 13.2. The molecule has 9 nitrogen and oxygen atoms in total. The molecule has 28 heavy (non-hydrogen) atoms. The van der Waals surface area contributed by atoms with Crippen molar-refractivity contribution in [3.63, 3.8) is 0 Å². The first-order valence-corrected chi connectivity index (χ1v) is 9.19. The molecule has 10 heteroatoms. The highest BCUT2D eigenvalue weighted by atomic mass is 32.2. The molecule has 0 heterocycles. The Morgan fingerprint density at radius 2 is 1.79 bits per heavy atom. The summed E-state index contributed by atoms with van der Waals surface area (Å²) in [5.41, 5.74) is 0.190. The molecule has 0 bridgehead atoms. The number of nitrogens with one attached hydrogen (secondary N) is 1. The van der Waals surface area contributed by atoms with E-state index in [0.717, 1.165) is 12.1 Å². The molecule has 0 radical (unpaired) electrons. The molecular formula is C18H17NO8S. The number of rotatable bonds is 8. The summed E-state index contributed by atoms with van der Waals surface area (Å²) < 4.78 is 38.4. The van der Waals surface area contributed by atoms with Gasteiger partial charge in [0.25, 0.3) is 10.0 Å². The summed E-state index contributed by atoms with van der Waals surface area (Å²) in [5.74, 6) is -2.42. The van der Waals surface area contributed by atoms with E-state index in [1.54, 1.807) is 0 Å². The second-order valence-corrected chi connectivity index (χ2v) is 7.07. The summed E-state index contributed by atoms with van der Waals surface area (Å²) >= 11 is 0. The van der Waals surface area contributed by atoms with E-state index in [-0.39, 0.29) is 33.2 Å². The van der Waals surface area contributed by atoms with Gasteiger partial charge in [-0.3, -0.25) is 4.72 Å². The van der Waals surface area contributed by atoms with Crippen molar-refractivity contribution >= 4 is 33.7 Å². The number of ether oxygens (including phenoxy) is 2. The van der Waals surface area contributed by atoms with E-state index < -0.39 is 22.0 Å². The zero-order chi connectivity index (χ0) is 20.9. The fraction of sp³-hybridized carbons (Fsp3) is 0.111. The molecular weight excluding hydrogens is 390 g/mol. The molecule has 0 aromatic heterocycles. The summed E-state index contributed by atoms with van der Waals surface area (Å²) in [6.07, 6.45) is 2.05. The molecule has 0 fully saturated rings. The van der Waals surface area contributed by atoms with E-state index in [4.69, 9.17) is 19.7 Å². The largest absolute Gasteiger partial charge is 0.493 e. The van der Waals surface area contributed by atoms with Crippen LogP contribution in [0.4, 0.5) is 5.69 Å². The average Bonchev–Trinajstić information content (AvgIpc) is 2.65. The molecule has 0 amide bonds. The Kier molecular flexibility index (Phi) is 6.26. The third-order valence-corrected chi connectivity index (χ3v) is 4.92. The number of hydrogen-bond acceptors (Lipinski definition) is 6. The van der Waals surface area contributed by atoms with Gasteiger partial charge < -0.3 is 19.7 Å². The summed E-state index contributed by atoms with van der Waals surface area (Å²) in [7, 11) is -1.65. The van der Waals surface area contributed by atoms with Crippen LogP contribution in [-0.4, -0.2) is 44.8 Å². The van der Waals surface area contributed by atoms with Gasteiger partial charge in [-0.05, 0) is 42.0 Å². The van der Waals surface area contributed by atoms with Crippen LogP contribution >= 0.6 is 0 Å². The van der Waals surface area contributed by atoms with Crippen molar-refractivity contribution in [3.05, 3.63) is 53.6 Å². The van der Waals surface area contributed by atoms with Crippen LogP contribution in [0.1, 0.15) is 15.9 Å². The lowest BCUT2D eigenvalue weighted by Gasteiger charge is -2.15. The average molecular weight is 407 g/mol. The zero-order valence-electron chi connectivity index (χ0n) is 14.9.